The first-order valence-corrected chi connectivity index (χ1v) is 4.23. The second kappa shape index (κ2) is 17.8. The molecule has 5 nitrogen and oxygen atoms in total. The summed E-state index contributed by atoms with van der Waals surface area (Å²) in [7, 11) is 0. The SMILES string of the molecule is CCCCCO.O.OCC(O)CO. The lowest BCUT2D eigenvalue weighted by molar-refractivity contribution is 0.0450. The van der Waals surface area contributed by atoms with Gasteiger partial charge in [0.05, 0.1) is 13.2 Å². The molecule has 0 aliphatic rings. The molecule has 0 amide bonds. The van der Waals surface area contributed by atoms with E-state index in [-0.39, 0.29) is 18.7 Å². The third-order valence-corrected chi connectivity index (χ3v) is 1.18. The van der Waals surface area contributed by atoms with Crippen LogP contribution in [0.3, 0.4) is 0 Å². The number of unbranched alkanes of at least 4 members (excludes halogenated alkanes) is 2. The fraction of sp³-hybridized carbons (Fsp3) is 1.00. The summed E-state index contributed by atoms with van der Waals surface area (Å²) in [5.41, 5.74) is 0. The van der Waals surface area contributed by atoms with Crippen LogP contribution >= 0.6 is 0 Å². The van der Waals surface area contributed by atoms with E-state index in [9.17, 15) is 0 Å². The van der Waals surface area contributed by atoms with E-state index >= 15 is 0 Å². The summed E-state index contributed by atoms with van der Waals surface area (Å²) >= 11 is 0. The predicted octanol–water partition coefficient (Wildman–Crippen LogP) is -1.32. The average Bonchev–Trinajstić information content (AvgIpc) is 2.14. The van der Waals surface area contributed by atoms with Gasteiger partial charge in [0, 0.05) is 6.61 Å². The molecule has 0 unspecified atom stereocenters. The second-order valence-corrected chi connectivity index (χ2v) is 2.45. The Labute approximate surface area is 79.0 Å². The third kappa shape index (κ3) is 24.5. The first-order chi connectivity index (χ1) is 5.72. The molecule has 0 aromatic heterocycles. The van der Waals surface area contributed by atoms with Gasteiger partial charge < -0.3 is 25.9 Å². The highest BCUT2D eigenvalue weighted by Gasteiger charge is 1.93. The van der Waals surface area contributed by atoms with Crippen LogP contribution in [0.25, 0.3) is 0 Å². The van der Waals surface area contributed by atoms with Crippen LogP contribution in [0, 0.1) is 0 Å². The van der Waals surface area contributed by atoms with Gasteiger partial charge in [0.15, 0.2) is 0 Å². The van der Waals surface area contributed by atoms with Crippen molar-refractivity contribution in [1.82, 2.24) is 0 Å². The Morgan fingerprint density at radius 1 is 1.00 bits per heavy atom. The number of aliphatic hydroxyl groups is 4. The van der Waals surface area contributed by atoms with E-state index in [1.165, 1.54) is 6.42 Å². The molecule has 0 bridgehead atoms. The molecular weight excluding hydrogens is 176 g/mol. The van der Waals surface area contributed by atoms with Gasteiger partial charge >= 0.3 is 0 Å². The molecule has 0 aliphatic heterocycles. The minimum absolute atomic E-state index is 0. The maximum Gasteiger partial charge on any atom is 0.100 e. The van der Waals surface area contributed by atoms with Crippen molar-refractivity contribution in [3.8, 4) is 0 Å². The van der Waals surface area contributed by atoms with E-state index in [0.717, 1.165) is 12.8 Å². The van der Waals surface area contributed by atoms with Crippen LogP contribution in [0.1, 0.15) is 26.2 Å². The van der Waals surface area contributed by atoms with Crippen molar-refractivity contribution in [2.45, 2.75) is 32.3 Å². The van der Waals surface area contributed by atoms with Gasteiger partial charge in [-0.25, -0.2) is 0 Å². The largest absolute Gasteiger partial charge is 0.412 e. The van der Waals surface area contributed by atoms with Crippen molar-refractivity contribution in [3.63, 3.8) is 0 Å². The Morgan fingerprint density at radius 3 is 1.54 bits per heavy atom. The average molecular weight is 198 g/mol. The molecule has 6 N–H and O–H groups in total. The van der Waals surface area contributed by atoms with Gasteiger partial charge in [0.1, 0.15) is 6.10 Å². The van der Waals surface area contributed by atoms with Gasteiger partial charge in [-0.05, 0) is 6.42 Å². The molecule has 5 heteroatoms. The van der Waals surface area contributed by atoms with Gasteiger partial charge in [-0.2, -0.15) is 0 Å². The van der Waals surface area contributed by atoms with Crippen LogP contribution in [0.4, 0.5) is 0 Å². The topological polar surface area (TPSA) is 112 Å². The lowest BCUT2D eigenvalue weighted by Gasteiger charge is -1.96. The molecule has 13 heavy (non-hydrogen) atoms. The highest BCUT2D eigenvalue weighted by atomic mass is 16.3. The minimum Gasteiger partial charge on any atom is -0.412 e. The lowest BCUT2D eigenvalue weighted by atomic mass is 10.3. The van der Waals surface area contributed by atoms with E-state index in [2.05, 4.69) is 6.92 Å². The minimum atomic E-state index is -0.954. The van der Waals surface area contributed by atoms with Crippen LogP contribution in [-0.4, -0.2) is 51.8 Å². The smallest absolute Gasteiger partial charge is 0.100 e. The fourth-order valence-electron chi connectivity index (χ4n) is 0.420. The first kappa shape index (κ1) is 18.6. The Hall–Kier alpha value is -0.200. The number of hydrogen-bond acceptors (Lipinski definition) is 4. The van der Waals surface area contributed by atoms with Crippen molar-refractivity contribution in [1.29, 1.82) is 0 Å². The molecule has 0 aromatic carbocycles. The maximum atomic E-state index is 8.20. The molecular formula is C8H22O5. The zero-order valence-corrected chi connectivity index (χ0v) is 8.11. The summed E-state index contributed by atoms with van der Waals surface area (Å²) in [5, 5.41) is 32.2. The maximum absolute atomic E-state index is 8.20. The molecule has 0 saturated carbocycles. The van der Waals surface area contributed by atoms with Crippen LogP contribution in [0.5, 0.6) is 0 Å². The summed E-state index contributed by atoms with van der Waals surface area (Å²) in [6.07, 6.45) is 2.37. The lowest BCUT2D eigenvalue weighted by Crippen LogP contribution is -2.15. The summed E-state index contributed by atoms with van der Waals surface area (Å²) in [6.45, 7) is 1.75. The first-order valence-electron chi connectivity index (χ1n) is 4.23. The van der Waals surface area contributed by atoms with Crippen molar-refractivity contribution in [2.75, 3.05) is 19.8 Å². The summed E-state index contributed by atoms with van der Waals surface area (Å²) in [5.74, 6) is 0. The molecule has 0 spiro atoms. The summed E-state index contributed by atoms with van der Waals surface area (Å²) in [4.78, 5) is 0. The molecule has 0 heterocycles. The van der Waals surface area contributed by atoms with E-state index in [1.807, 2.05) is 0 Å². The zero-order chi connectivity index (χ0) is 9.82. The highest BCUT2D eigenvalue weighted by molar-refractivity contribution is 4.44. The molecule has 84 valence electrons. The summed E-state index contributed by atoms with van der Waals surface area (Å²) < 4.78 is 0. The van der Waals surface area contributed by atoms with Gasteiger partial charge in [-0.1, -0.05) is 19.8 Å². The monoisotopic (exact) mass is 198 g/mol. The van der Waals surface area contributed by atoms with Gasteiger partial charge in [-0.3, -0.25) is 0 Å². The molecule has 0 aliphatic carbocycles. The number of hydrogen-bond donors (Lipinski definition) is 4. The van der Waals surface area contributed by atoms with Crippen molar-refractivity contribution >= 4 is 0 Å². The molecule has 0 rings (SSSR count). The van der Waals surface area contributed by atoms with Crippen LogP contribution in [-0.2, 0) is 0 Å². The quantitative estimate of drug-likeness (QED) is 0.410. The van der Waals surface area contributed by atoms with Crippen molar-refractivity contribution in [2.24, 2.45) is 0 Å². The van der Waals surface area contributed by atoms with E-state index < -0.39 is 6.10 Å². The normalized spacial score (nSPS) is 8.77. The molecule has 0 atom stereocenters. The summed E-state index contributed by atoms with van der Waals surface area (Å²) in [6, 6.07) is 0. The Kier molecular flexibility index (Phi) is 25.4. The van der Waals surface area contributed by atoms with Crippen LogP contribution in [0.2, 0.25) is 0 Å². The molecule has 0 fully saturated rings. The fourth-order valence-corrected chi connectivity index (χ4v) is 0.420. The van der Waals surface area contributed by atoms with Gasteiger partial charge in [0.25, 0.3) is 0 Å². The Morgan fingerprint density at radius 2 is 1.46 bits per heavy atom. The second-order valence-electron chi connectivity index (χ2n) is 2.45. The zero-order valence-electron chi connectivity index (χ0n) is 8.11. The van der Waals surface area contributed by atoms with Gasteiger partial charge in [0.2, 0.25) is 0 Å². The van der Waals surface area contributed by atoms with E-state index in [1.54, 1.807) is 0 Å². The Bertz CT molecular complexity index is 61.6. The van der Waals surface area contributed by atoms with E-state index in [4.69, 9.17) is 20.4 Å². The van der Waals surface area contributed by atoms with Crippen molar-refractivity contribution in [3.05, 3.63) is 0 Å². The van der Waals surface area contributed by atoms with Gasteiger partial charge in [-0.15, -0.1) is 0 Å². The standard InChI is InChI=1S/C5H12O.C3H8O3.H2O/c1-2-3-4-5-6;4-1-3(6)2-5;/h6H,2-5H2,1H3;3-6H,1-2H2;1H2. The van der Waals surface area contributed by atoms with Crippen LogP contribution in [0.15, 0.2) is 0 Å². The molecule has 0 saturated heterocycles. The molecule has 0 radical (unpaired) electrons. The Balaban J connectivity index is -0.000000143. The highest BCUT2D eigenvalue weighted by Crippen LogP contribution is 1.89. The van der Waals surface area contributed by atoms with Crippen molar-refractivity contribution < 1.29 is 25.9 Å². The third-order valence-electron chi connectivity index (χ3n) is 1.18. The predicted molar refractivity (Wildman–Crippen MR) is 50.4 cm³/mol. The number of rotatable bonds is 5. The molecule has 0 aromatic rings. The van der Waals surface area contributed by atoms with E-state index in [0.29, 0.717) is 6.61 Å². The van der Waals surface area contributed by atoms with Crippen LogP contribution < -0.4 is 0 Å². The number of aliphatic hydroxyl groups excluding tert-OH is 4.